The first kappa shape index (κ1) is 16.7. The number of rotatable bonds is 9. The van der Waals surface area contributed by atoms with Gasteiger partial charge < -0.3 is 4.74 Å². The van der Waals surface area contributed by atoms with Crippen molar-refractivity contribution in [3.63, 3.8) is 0 Å². The monoisotopic (exact) mass is 276 g/mol. The van der Waals surface area contributed by atoms with Crippen LogP contribution in [0.25, 0.3) is 0 Å². The summed E-state index contributed by atoms with van der Waals surface area (Å²) in [5.41, 5.74) is 1.93. The molecule has 0 amide bonds. The lowest BCUT2D eigenvalue weighted by Crippen LogP contribution is -2.11. The van der Waals surface area contributed by atoms with Gasteiger partial charge in [0.25, 0.3) is 0 Å². The molecule has 112 valence electrons. The number of carbonyl (C=O) groups is 1. The van der Waals surface area contributed by atoms with Gasteiger partial charge in [-0.1, -0.05) is 57.7 Å². The summed E-state index contributed by atoms with van der Waals surface area (Å²) in [6, 6.07) is 7.95. The molecule has 20 heavy (non-hydrogen) atoms. The molecule has 0 aliphatic heterocycles. The van der Waals surface area contributed by atoms with Crippen molar-refractivity contribution in [2.45, 2.75) is 65.2 Å². The minimum Gasteiger partial charge on any atom is -0.462 e. The van der Waals surface area contributed by atoms with E-state index in [-0.39, 0.29) is 5.97 Å². The summed E-state index contributed by atoms with van der Waals surface area (Å²) >= 11 is 0. The average molecular weight is 276 g/mol. The number of hydrogen-bond donors (Lipinski definition) is 0. The Morgan fingerprint density at radius 1 is 1.05 bits per heavy atom. The second kappa shape index (κ2) is 9.57. The summed E-state index contributed by atoms with van der Waals surface area (Å²) in [6.07, 6.45) is 7.14. The number of hydrogen-bond acceptors (Lipinski definition) is 2. The smallest absolute Gasteiger partial charge is 0.338 e. The summed E-state index contributed by atoms with van der Waals surface area (Å²) in [5, 5.41) is 0. The highest BCUT2D eigenvalue weighted by atomic mass is 16.5. The molecule has 0 saturated carbocycles. The quantitative estimate of drug-likeness (QED) is 0.570. The van der Waals surface area contributed by atoms with Crippen molar-refractivity contribution in [1.82, 2.24) is 0 Å². The van der Waals surface area contributed by atoms with Gasteiger partial charge in [0.05, 0.1) is 12.2 Å². The fourth-order valence-electron chi connectivity index (χ4n) is 2.60. The Hall–Kier alpha value is -1.31. The normalized spacial score (nSPS) is 10.8. The Morgan fingerprint density at radius 3 is 2.20 bits per heavy atom. The average Bonchev–Trinajstić information content (AvgIpc) is 2.48. The molecule has 0 aliphatic carbocycles. The Bertz CT molecular complexity index is 390. The van der Waals surface area contributed by atoms with Gasteiger partial charge in [-0.05, 0) is 37.3 Å². The third-order valence-corrected chi connectivity index (χ3v) is 3.71. The summed E-state index contributed by atoms with van der Waals surface area (Å²) in [4.78, 5) is 12.1. The number of esters is 1. The topological polar surface area (TPSA) is 26.3 Å². The molecule has 0 unspecified atom stereocenters. The van der Waals surface area contributed by atoms with E-state index in [1.54, 1.807) is 0 Å². The molecular formula is C18H28O2. The molecule has 0 saturated heterocycles. The van der Waals surface area contributed by atoms with Gasteiger partial charge in [0.2, 0.25) is 0 Å². The predicted octanol–water partition coefficient (Wildman–Crippen LogP) is 5.33. The summed E-state index contributed by atoms with van der Waals surface area (Å²) < 4.78 is 5.19. The Balaban J connectivity index is 2.95. The van der Waals surface area contributed by atoms with Crippen LogP contribution < -0.4 is 0 Å². The van der Waals surface area contributed by atoms with Crippen LogP contribution in [-0.2, 0) is 4.74 Å². The van der Waals surface area contributed by atoms with Gasteiger partial charge in [-0.2, -0.15) is 0 Å². The summed E-state index contributed by atoms with van der Waals surface area (Å²) in [6.45, 7) is 6.72. The molecule has 0 aromatic heterocycles. The van der Waals surface area contributed by atoms with E-state index in [2.05, 4.69) is 19.9 Å². The maximum Gasteiger partial charge on any atom is 0.338 e. The highest BCUT2D eigenvalue weighted by Gasteiger charge is 2.19. The molecule has 0 spiro atoms. The molecule has 0 aliphatic rings. The van der Waals surface area contributed by atoms with E-state index < -0.39 is 0 Å². The number of ether oxygens (including phenoxy) is 1. The molecule has 2 heteroatoms. The van der Waals surface area contributed by atoms with Gasteiger partial charge in [-0.15, -0.1) is 0 Å². The van der Waals surface area contributed by atoms with Crippen LogP contribution in [0.1, 0.15) is 81.1 Å². The molecular weight excluding hydrogens is 248 g/mol. The standard InChI is InChI=1S/C18H28O2/c1-4-7-11-15(12-8-5-2)16-13-9-10-14-17(16)18(19)20-6-3/h9-10,13-15H,4-8,11-12H2,1-3H3. The van der Waals surface area contributed by atoms with Crippen LogP contribution in [-0.4, -0.2) is 12.6 Å². The first-order chi connectivity index (χ1) is 9.74. The van der Waals surface area contributed by atoms with E-state index in [0.717, 1.165) is 18.4 Å². The minimum atomic E-state index is -0.180. The Morgan fingerprint density at radius 2 is 1.65 bits per heavy atom. The Kier molecular flexibility index (Phi) is 8.01. The molecule has 1 rings (SSSR count). The first-order valence-electron chi connectivity index (χ1n) is 8.00. The van der Waals surface area contributed by atoms with Crippen LogP contribution in [0.4, 0.5) is 0 Å². The maximum atomic E-state index is 12.1. The van der Waals surface area contributed by atoms with Crippen LogP contribution >= 0.6 is 0 Å². The molecule has 0 N–H and O–H groups in total. The third kappa shape index (κ3) is 4.99. The zero-order valence-corrected chi connectivity index (χ0v) is 13.2. The van der Waals surface area contributed by atoms with Crippen LogP contribution in [0.5, 0.6) is 0 Å². The molecule has 0 radical (unpaired) electrons. The van der Waals surface area contributed by atoms with Gasteiger partial charge >= 0.3 is 5.97 Å². The predicted molar refractivity (Wildman–Crippen MR) is 84.2 cm³/mol. The second-order valence-electron chi connectivity index (χ2n) is 5.29. The van der Waals surface area contributed by atoms with Gasteiger partial charge in [0.1, 0.15) is 0 Å². The Labute approximate surface area is 123 Å². The lowest BCUT2D eigenvalue weighted by atomic mass is 9.86. The van der Waals surface area contributed by atoms with Crippen molar-refractivity contribution in [3.05, 3.63) is 35.4 Å². The van der Waals surface area contributed by atoms with Crippen molar-refractivity contribution in [3.8, 4) is 0 Å². The molecule has 0 bridgehead atoms. The van der Waals surface area contributed by atoms with E-state index in [1.165, 1.54) is 31.2 Å². The highest BCUT2D eigenvalue weighted by Crippen LogP contribution is 2.30. The third-order valence-electron chi connectivity index (χ3n) is 3.71. The fourth-order valence-corrected chi connectivity index (χ4v) is 2.60. The van der Waals surface area contributed by atoms with Crippen LogP contribution in [0, 0.1) is 0 Å². The van der Waals surface area contributed by atoms with Gasteiger partial charge in [-0.25, -0.2) is 4.79 Å². The lowest BCUT2D eigenvalue weighted by Gasteiger charge is -2.19. The van der Waals surface area contributed by atoms with Crippen LogP contribution in [0.3, 0.4) is 0 Å². The fraction of sp³-hybridized carbons (Fsp3) is 0.611. The molecule has 1 aromatic rings. The molecule has 0 atom stereocenters. The maximum absolute atomic E-state index is 12.1. The largest absolute Gasteiger partial charge is 0.462 e. The van der Waals surface area contributed by atoms with Crippen LogP contribution in [0.2, 0.25) is 0 Å². The lowest BCUT2D eigenvalue weighted by molar-refractivity contribution is 0.0524. The highest BCUT2D eigenvalue weighted by molar-refractivity contribution is 5.91. The van der Waals surface area contributed by atoms with E-state index in [4.69, 9.17) is 4.74 Å². The second-order valence-corrected chi connectivity index (χ2v) is 5.29. The van der Waals surface area contributed by atoms with E-state index >= 15 is 0 Å². The first-order valence-corrected chi connectivity index (χ1v) is 8.00. The number of carbonyl (C=O) groups excluding carboxylic acids is 1. The van der Waals surface area contributed by atoms with Crippen molar-refractivity contribution in [2.24, 2.45) is 0 Å². The van der Waals surface area contributed by atoms with Crippen LogP contribution in [0.15, 0.2) is 24.3 Å². The molecule has 0 fully saturated rings. The SMILES string of the molecule is CCCCC(CCCC)c1ccccc1C(=O)OCC. The van der Waals surface area contributed by atoms with Gasteiger partial charge in [0.15, 0.2) is 0 Å². The van der Waals surface area contributed by atoms with Crippen molar-refractivity contribution in [2.75, 3.05) is 6.61 Å². The van der Waals surface area contributed by atoms with Gasteiger partial charge in [-0.3, -0.25) is 0 Å². The summed E-state index contributed by atoms with van der Waals surface area (Å²) in [5.74, 6) is 0.302. The molecule has 2 nitrogen and oxygen atoms in total. The van der Waals surface area contributed by atoms with Crippen molar-refractivity contribution >= 4 is 5.97 Å². The molecule has 1 aromatic carbocycles. The van der Waals surface area contributed by atoms with Crippen molar-refractivity contribution in [1.29, 1.82) is 0 Å². The van der Waals surface area contributed by atoms with Gasteiger partial charge in [0, 0.05) is 0 Å². The zero-order chi connectivity index (χ0) is 14.8. The number of benzene rings is 1. The van der Waals surface area contributed by atoms with E-state index in [1.807, 2.05) is 25.1 Å². The summed E-state index contributed by atoms with van der Waals surface area (Å²) in [7, 11) is 0. The number of unbranched alkanes of at least 4 members (excludes halogenated alkanes) is 2. The van der Waals surface area contributed by atoms with E-state index in [0.29, 0.717) is 12.5 Å². The minimum absolute atomic E-state index is 0.180. The zero-order valence-electron chi connectivity index (χ0n) is 13.2. The molecule has 0 heterocycles. The van der Waals surface area contributed by atoms with Crippen molar-refractivity contribution < 1.29 is 9.53 Å². The van der Waals surface area contributed by atoms with E-state index in [9.17, 15) is 4.79 Å².